The first kappa shape index (κ1) is 26.5. The van der Waals surface area contributed by atoms with E-state index in [1.807, 2.05) is 30.3 Å². The molecule has 1 aliphatic rings. The van der Waals surface area contributed by atoms with Crippen LogP contribution in [0.3, 0.4) is 0 Å². The predicted octanol–water partition coefficient (Wildman–Crippen LogP) is 3.70. The third kappa shape index (κ3) is 26.6. The van der Waals surface area contributed by atoms with Crippen LogP contribution in [0.15, 0.2) is 30.3 Å². The van der Waals surface area contributed by atoms with E-state index in [1.54, 1.807) is 0 Å². The van der Waals surface area contributed by atoms with E-state index in [4.69, 9.17) is 14.0 Å². The fraction of sp³-hybridized carbons (Fsp3) is 0.333. The van der Waals surface area contributed by atoms with Gasteiger partial charge >= 0.3 is 33.9 Å². The molecule has 0 saturated heterocycles. The first-order valence-corrected chi connectivity index (χ1v) is 5.38. The van der Waals surface area contributed by atoms with E-state index < -0.39 is 0 Å². The van der Waals surface area contributed by atoms with Gasteiger partial charge in [-0.25, -0.2) is 0 Å². The van der Waals surface area contributed by atoms with Crippen LogP contribution in [0.1, 0.15) is 37.7 Å². The second-order valence-corrected chi connectivity index (χ2v) is 3.25. The molecule has 19 heavy (non-hydrogen) atoms. The van der Waals surface area contributed by atoms with E-state index in [0.717, 1.165) is 5.56 Å². The maximum atomic E-state index is 7.50. The number of benzene rings is 1. The van der Waals surface area contributed by atoms with Crippen molar-refractivity contribution in [1.29, 1.82) is 0 Å². The molecule has 2 rings (SSSR count). The molecular formula is C15H17MoO3-. The van der Waals surface area contributed by atoms with Crippen LogP contribution in [0.4, 0.5) is 0 Å². The first-order chi connectivity index (χ1) is 8.89. The summed E-state index contributed by atoms with van der Waals surface area (Å²) in [6.45, 7) is 17.2. The molecule has 0 N–H and O–H groups in total. The molecule has 0 heterocycles. The van der Waals surface area contributed by atoms with Gasteiger partial charge in [0.2, 0.25) is 0 Å². The van der Waals surface area contributed by atoms with Crippen LogP contribution in [0.2, 0.25) is 0 Å². The molecule has 1 aliphatic carbocycles. The summed E-state index contributed by atoms with van der Waals surface area (Å²) >= 11 is 0. The van der Waals surface area contributed by atoms with Gasteiger partial charge in [-0.1, -0.05) is 38.2 Å². The van der Waals surface area contributed by atoms with Crippen molar-refractivity contribution >= 4 is 0 Å². The Balaban J connectivity index is -0.0000000838. The molecule has 0 atom stereocenters. The third-order valence-corrected chi connectivity index (χ3v) is 2.09. The summed E-state index contributed by atoms with van der Waals surface area (Å²) in [5, 5.41) is 0. The summed E-state index contributed by atoms with van der Waals surface area (Å²) in [5.41, 5.74) is 1.07. The van der Waals surface area contributed by atoms with Crippen LogP contribution in [0.5, 0.6) is 0 Å². The molecule has 1 aromatic rings. The minimum Gasteiger partial charge on any atom is -0.199 e. The van der Waals surface area contributed by atoms with Crippen molar-refractivity contribution in [2.24, 2.45) is 0 Å². The van der Waals surface area contributed by atoms with E-state index in [9.17, 15) is 0 Å². The number of rotatable bonds is 0. The Morgan fingerprint density at radius 1 is 0.684 bits per heavy atom. The average molecular weight is 341 g/mol. The van der Waals surface area contributed by atoms with Crippen LogP contribution in [-0.4, -0.2) is 0 Å². The molecular weight excluding hydrogens is 324 g/mol. The largest absolute Gasteiger partial charge is 0.199 e. The molecule has 0 bridgehead atoms. The van der Waals surface area contributed by atoms with Crippen molar-refractivity contribution in [3.63, 3.8) is 0 Å². The van der Waals surface area contributed by atoms with Gasteiger partial charge in [-0.05, 0) is 0 Å². The van der Waals surface area contributed by atoms with Crippen LogP contribution >= 0.6 is 0 Å². The van der Waals surface area contributed by atoms with Gasteiger partial charge in [0.1, 0.15) is 0 Å². The van der Waals surface area contributed by atoms with Crippen molar-refractivity contribution in [3.8, 4) is 0 Å². The van der Waals surface area contributed by atoms with E-state index in [0.29, 0.717) is 0 Å². The van der Waals surface area contributed by atoms with Crippen LogP contribution in [0, 0.1) is 26.9 Å². The summed E-state index contributed by atoms with van der Waals surface area (Å²) in [7, 11) is 0. The van der Waals surface area contributed by atoms with Crippen molar-refractivity contribution < 1.29 is 35.0 Å². The Hall–Kier alpha value is -1.00. The number of hydrogen-bond donors (Lipinski definition) is 0. The Bertz CT molecular complexity index is 278. The molecule has 0 radical (unpaired) electrons. The van der Waals surface area contributed by atoms with Gasteiger partial charge in [-0.2, -0.15) is 24.6 Å². The molecule has 102 valence electrons. The minimum absolute atomic E-state index is 0. The SMILES string of the molecule is C1CCCC1.[C-]#[O+].[C-]#[O+].[C-]#[O+].[CH2-]c1ccccc1.[Mo]. The predicted molar refractivity (Wildman–Crippen MR) is 65.8 cm³/mol. The maximum Gasteiger partial charge on any atom is 0 e. The summed E-state index contributed by atoms with van der Waals surface area (Å²) in [5.74, 6) is 0. The second kappa shape index (κ2) is 30.2. The smallest absolute Gasteiger partial charge is 0 e. The molecule has 1 saturated carbocycles. The summed E-state index contributed by atoms with van der Waals surface area (Å²) in [6, 6.07) is 9.87. The average Bonchev–Trinajstić information content (AvgIpc) is 3.06. The zero-order chi connectivity index (χ0) is 14.6. The van der Waals surface area contributed by atoms with Gasteiger partial charge in [0, 0.05) is 21.1 Å². The zero-order valence-corrected chi connectivity index (χ0v) is 12.8. The van der Waals surface area contributed by atoms with Gasteiger partial charge in [-0.15, -0.1) is 12.1 Å². The minimum atomic E-state index is 0. The second-order valence-electron chi connectivity index (χ2n) is 3.25. The van der Waals surface area contributed by atoms with E-state index in [2.05, 4.69) is 26.9 Å². The zero-order valence-electron chi connectivity index (χ0n) is 10.8. The molecule has 0 amide bonds. The summed E-state index contributed by atoms with van der Waals surface area (Å²) in [4.78, 5) is 0. The molecule has 0 aromatic heterocycles. The van der Waals surface area contributed by atoms with E-state index in [-0.39, 0.29) is 21.1 Å². The fourth-order valence-corrected chi connectivity index (χ4v) is 1.36. The molecule has 0 unspecified atom stereocenters. The van der Waals surface area contributed by atoms with Crippen molar-refractivity contribution in [2.75, 3.05) is 0 Å². The normalized spacial score (nSPS) is 9.79. The van der Waals surface area contributed by atoms with E-state index in [1.165, 1.54) is 32.1 Å². The van der Waals surface area contributed by atoms with Crippen LogP contribution < -0.4 is 0 Å². The van der Waals surface area contributed by atoms with Crippen molar-refractivity contribution in [2.45, 2.75) is 32.1 Å². The molecule has 1 fully saturated rings. The monoisotopic (exact) mass is 343 g/mol. The Morgan fingerprint density at radius 2 is 0.947 bits per heavy atom. The first-order valence-electron chi connectivity index (χ1n) is 5.38. The van der Waals surface area contributed by atoms with Gasteiger partial charge in [0.25, 0.3) is 0 Å². The third-order valence-electron chi connectivity index (χ3n) is 2.09. The van der Waals surface area contributed by atoms with Crippen LogP contribution in [-0.2, 0) is 35.0 Å². The van der Waals surface area contributed by atoms with Crippen molar-refractivity contribution in [1.82, 2.24) is 0 Å². The van der Waals surface area contributed by atoms with Gasteiger partial charge in [0.05, 0.1) is 0 Å². The Labute approximate surface area is 130 Å². The molecule has 1 aromatic carbocycles. The maximum absolute atomic E-state index is 7.50. The standard InChI is InChI=1S/C7H7.C5H10.3CO.Mo/c1-7-5-3-2-4-6-7;1-2-4-5-3-1;3*1-2;/h2-6H,1H2;1-5H2;;;;/q-1;;;;;. The summed E-state index contributed by atoms with van der Waals surface area (Å²) in [6.07, 6.45) is 7.50. The van der Waals surface area contributed by atoms with Crippen LogP contribution in [0.25, 0.3) is 0 Å². The molecule has 3 nitrogen and oxygen atoms in total. The Morgan fingerprint density at radius 3 is 1.11 bits per heavy atom. The molecule has 0 spiro atoms. The fourth-order valence-electron chi connectivity index (χ4n) is 1.36. The quantitative estimate of drug-likeness (QED) is 0.392. The van der Waals surface area contributed by atoms with Gasteiger partial charge in [0.15, 0.2) is 0 Å². The van der Waals surface area contributed by atoms with Gasteiger partial charge in [-0.3, -0.25) is 0 Å². The molecule has 4 heteroatoms. The number of hydrogen-bond acceptors (Lipinski definition) is 0. The molecule has 0 aliphatic heterocycles. The topological polar surface area (TPSA) is 59.7 Å². The summed E-state index contributed by atoms with van der Waals surface area (Å²) < 4.78 is 22.5. The Kier molecular flexibility index (Phi) is 42.2. The van der Waals surface area contributed by atoms with E-state index >= 15 is 0 Å². The van der Waals surface area contributed by atoms with Gasteiger partial charge < -0.3 is 0 Å². The van der Waals surface area contributed by atoms with Crippen molar-refractivity contribution in [3.05, 3.63) is 62.8 Å².